The molecule has 2 fully saturated rings. The van der Waals surface area contributed by atoms with E-state index in [1.807, 2.05) is 0 Å². The fraction of sp³-hybridized carbons (Fsp3) is 1.00. The summed E-state index contributed by atoms with van der Waals surface area (Å²) in [4.78, 5) is 0. The molecule has 0 amide bonds. The Morgan fingerprint density at radius 1 is 1.22 bits per heavy atom. The van der Waals surface area contributed by atoms with Crippen LogP contribution in [0.2, 0.25) is 0 Å². The van der Waals surface area contributed by atoms with Crippen LogP contribution in [0.1, 0.15) is 40.0 Å². The van der Waals surface area contributed by atoms with E-state index in [9.17, 15) is 0 Å². The van der Waals surface area contributed by atoms with Crippen molar-refractivity contribution in [2.45, 2.75) is 57.3 Å². The van der Waals surface area contributed by atoms with Crippen LogP contribution in [0.15, 0.2) is 0 Å². The molecule has 0 aromatic carbocycles. The highest BCUT2D eigenvalue weighted by Crippen LogP contribution is 2.35. The van der Waals surface area contributed by atoms with Gasteiger partial charge in [0.1, 0.15) is 0 Å². The Bertz CT molecular complexity index is 256. The van der Waals surface area contributed by atoms with Crippen LogP contribution in [0.5, 0.6) is 0 Å². The van der Waals surface area contributed by atoms with E-state index in [1.54, 1.807) is 0 Å². The summed E-state index contributed by atoms with van der Waals surface area (Å²) in [5.41, 5.74) is 0.0204. The second-order valence-corrected chi connectivity index (χ2v) is 6.40. The van der Waals surface area contributed by atoms with E-state index in [2.05, 4.69) is 26.1 Å². The normalized spacial score (nSPS) is 27.8. The number of piperidine rings is 1. The summed E-state index contributed by atoms with van der Waals surface area (Å²) in [7, 11) is 0. The van der Waals surface area contributed by atoms with Crippen molar-refractivity contribution in [1.29, 1.82) is 0 Å². The zero-order chi connectivity index (χ0) is 13.1. The molecule has 0 aromatic heterocycles. The molecule has 0 bridgehead atoms. The highest BCUT2D eigenvalue weighted by molar-refractivity contribution is 4.93. The fourth-order valence-corrected chi connectivity index (χ4v) is 2.70. The third-order valence-electron chi connectivity index (χ3n) is 3.66. The Labute approximate surface area is 110 Å². The first-order chi connectivity index (χ1) is 8.49. The van der Waals surface area contributed by atoms with Crippen molar-refractivity contribution in [3.63, 3.8) is 0 Å². The Hall–Kier alpha value is -0.160. The standard InChI is InChI=1S/C14H27NO3/c1-13(2,3)17-9-8-16-12-10-14(18-11-12)4-6-15-7-5-14/h12,15H,4-11H2,1-3H3. The summed E-state index contributed by atoms with van der Waals surface area (Å²) in [6, 6.07) is 0. The number of ether oxygens (including phenoxy) is 3. The minimum absolute atomic E-state index is 0.0776. The molecule has 4 heteroatoms. The van der Waals surface area contributed by atoms with E-state index in [4.69, 9.17) is 14.2 Å². The van der Waals surface area contributed by atoms with Gasteiger partial charge in [0.2, 0.25) is 0 Å². The maximum absolute atomic E-state index is 5.99. The third-order valence-corrected chi connectivity index (χ3v) is 3.66. The van der Waals surface area contributed by atoms with Gasteiger partial charge >= 0.3 is 0 Å². The van der Waals surface area contributed by atoms with Gasteiger partial charge in [0.25, 0.3) is 0 Å². The average Bonchev–Trinajstić information content (AvgIpc) is 2.68. The van der Waals surface area contributed by atoms with Crippen LogP contribution in [-0.2, 0) is 14.2 Å². The highest BCUT2D eigenvalue weighted by atomic mass is 16.6. The molecule has 1 atom stereocenters. The van der Waals surface area contributed by atoms with Gasteiger partial charge in [-0.2, -0.15) is 0 Å². The molecule has 2 saturated heterocycles. The van der Waals surface area contributed by atoms with E-state index >= 15 is 0 Å². The number of hydrogen-bond donors (Lipinski definition) is 1. The summed E-state index contributed by atoms with van der Waals surface area (Å²) in [5, 5.41) is 3.38. The number of hydrogen-bond acceptors (Lipinski definition) is 4. The fourth-order valence-electron chi connectivity index (χ4n) is 2.70. The monoisotopic (exact) mass is 257 g/mol. The molecule has 18 heavy (non-hydrogen) atoms. The average molecular weight is 257 g/mol. The molecule has 0 radical (unpaired) electrons. The van der Waals surface area contributed by atoms with Crippen molar-refractivity contribution >= 4 is 0 Å². The second kappa shape index (κ2) is 5.87. The van der Waals surface area contributed by atoms with E-state index in [-0.39, 0.29) is 17.3 Å². The summed E-state index contributed by atoms with van der Waals surface area (Å²) in [6.07, 6.45) is 3.53. The van der Waals surface area contributed by atoms with Gasteiger partial charge in [0.05, 0.1) is 37.1 Å². The lowest BCUT2D eigenvalue weighted by molar-refractivity contribution is -0.0534. The summed E-state index contributed by atoms with van der Waals surface area (Å²) in [5.74, 6) is 0. The predicted octanol–water partition coefficient (Wildman–Crippen LogP) is 1.73. The van der Waals surface area contributed by atoms with Crippen LogP contribution in [0.25, 0.3) is 0 Å². The Kier molecular flexibility index (Phi) is 4.64. The van der Waals surface area contributed by atoms with Gasteiger partial charge in [-0.3, -0.25) is 0 Å². The van der Waals surface area contributed by atoms with Gasteiger partial charge in [0, 0.05) is 6.42 Å². The van der Waals surface area contributed by atoms with Crippen molar-refractivity contribution in [3.8, 4) is 0 Å². The summed E-state index contributed by atoms with van der Waals surface area (Å²) < 4.78 is 17.5. The van der Waals surface area contributed by atoms with Gasteiger partial charge in [-0.15, -0.1) is 0 Å². The molecule has 0 aromatic rings. The maximum atomic E-state index is 5.99. The van der Waals surface area contributed by atoms with Crippen LogP contribution in [0, 0.1) is 0 Å². The summed E-state index contributed by atoms with van der Waals surface area (Å²) >= 11 is 0. The van der Waals surface area contributed by atoms with Crippen LogP contribution >= 0.6 is 0 Å². The van der Waals surface area contributed by atoms with E-state index in [0.29, 0.717) is 13.2 Å². The highest BCUT2D eigenvalue weighted by Gasteiger charge is 2.41. The third kappa shape index (κ3) is 4.19. The van der Waals surface area contributed by atoms with Crippen molar-refractivity contribution in [2.24, 2.45) is 0 Å². The van der Waals surface area contributed by atoms with Crippen molar-refractivity contribution in [1.82, 2.24) is 5.32 Å². The zero-order valence-electron chi connectivity index (χ0n) is 12.0. The minimum Gasteiger partial charge on any atom is -0.373 e. The van der Waals surface area contributed by atoms with Gasteiger partial charge in [0.15, 0.2) is 0 Å². The summed E-state index contributed by atoms with van der Waals surface area (Å²) in [6.45, 7) is 10.4. The van der Waals surface area contributed by atoms with Crippen molar-refractivity contribution in [2.75, 3.05) is 32.9 Å². The van der Waals surface area contributed by atoms with Crippen LogP contribution in [0.4, 0.5) is 0 Å². The lowest BCUT2D eigenvalue weighted by atomic mass is 9.89. The van der Waals surface area contributed by atoms with Gasteiger partial charge in [-0.1, -0.05) is 0 Å². The van der Waals surface area contributed by atoms with Gasteiger partial charge in [-0.05, 0) is 46.7 Å². The Morgan fingerprint density at radius 2 is 1.94 bits per heavy atom. The lowest BCUT2D eigenvalue weighted by Crippen LogP contribution is -2.41. The van der Waals surface area contributed by atoms with Crippen LogP contribution in [0.3, 0.4) is 0 Å². The first-order valence-electron chi connectivity index (χ1n) is 7.09. The predicted molar refractivity (Wildman–Crippen MR) is 70.8 cm³/mol. The SMILES string of the molecule is CC(C)(C)OCCOC1COC2(CCNCC2)C1. The minimum atomic E-state index is -0.0776. The molecule has 2 rings (SSSR count). The molecule has 2 aliphatic rings. The molecule has 1 unspecified atom stereocenters. The lowest BCUT2D eigenvalue weighted by Gasteiger charge is -2.32. The molecule has 106 valence electrons. The molecule has 4 nitrogen and oxygen atoms in total. The molecule has 0 aliphatic carbocycles. The molecule has 2 heterocycles. The Morgan fingerprint density at radius 3 is 2.61 bits per heavy atom. The molecular weight excluding hydrogens is 230 g/mol. The van der Waals surface area contributed by atoms with Crippen molar-refractivity contribution < 1.29 is 14.2 Å². The molecule has 1 N–H and O–H groups in total. The first-order valence-corrected chi connectivity index (χ1v) is 7.09. The number of rotatable bonds is 4. The Balaban J connectivity index is 1.64. The molecule has 2 aliphatic heterocycles. The quantitative estimate of drug-likeness (QED) is 0.779. The zero-order valence-corrected chi connectivity index (χ0v) is 12.0. The van der Waals surface area contributed by atoms with E-state index in [0.717, 1.165) is 39.0 Å². The van der Waals surface area contributed by atoms with Gasteiger partial charge in [-0.25, -0.2) is 0 Å². The van der Waals surface area contributed by atoms with Crippen molar-refractivity contribution in [3.05, 3.63) is 0 Å². The van der Waals surface area contributed by atoms with Crippen LogP contribution < -0.4 is 5.32 Å². The smallest absolute Gasteiger partial charge is 0.0837 e. The molecular formula is C14H27NO3. The largest absolute Gasteiger partial charge is 0.373 e. The topological polar surface area (TPSA) is 39.7 Å². The van der Waals surface area contributed by atoms with Crippen LogP contribution in [-0.4, -0.2) is 50.2 Å². The van der Waals surface area contributed by atoms with E-state index < -0.39 is 0 Å². The first kappa shape index (κ1) is 14.3. The molecule has 1 spiro atoms. The van der Waals surface area contributed by atoms with Gasteiger partial charge < -0.3 is 19.5 Å². The molecule has 0 saturated carbocycles. The maximum Gasteiger partial charge on any atom is 0.0837 e. The second-order valence-electron chi connectivity index (χ2n) is 6.40. The van der Waals surface area contributed by atoms with E-state index in [1.165, 1.54) is 0 Å². The number of nitrogens with one attached hydrogen (secondary N) is 1.